The molecule has 0 radical (unpaired) electrons. The average Bonchev–Trinajstić information content (AvgIpc) is 2.74. The van der Waals surface area contributed by atoms with E-state index in [0.29, 0.717) is 19.6 Å². The zero-order chi connectivity index (χ0) is 11.6. The molecule has 88 valence electrons. The zero-order valence-corrected chi connectivity index (χ0v) is 9.63. The molecule has 0 amide bonds. The summed E-state index contributed by atoms with van der Waals surface area (Å²) in [6.45, 7) is 1.20. The maximum absolute atomic E-state index is 13.3. The molecule has 1 aromatic carbocycles. The van der Waals surface area contributed by atoms with E-state index in [4.69, 9.17) is 16.3 Å². The number of benzene rings is 1. The fourth-order valence-corrected chi connectivity index (χ4v) is 2.25. The molecule has 16 heavy (non-hydrogen) atoms. The molecule has 0 aromatic heterocycles. The molecule has 1 aliphatic heterocycles. The number of aliphatic hydroxyl groups is 1. The molecule has 0 aliphatic carbocycles. The van der Waals surface area contributed by atoms with Gasteiger partial charge in [0.15, 0.2) is 0 Å². The molecular formula is C12H14ClFO2. The van der Waals surface area contributed by atoms with Gasteiger partial charge in [0.1, 0.15) is 5.82 Å². The van der Waals surface area contributed by atoms with E-state index in [-0.39, 0.29) is 17.0 Å². The van der Waals surface area contributed by atoms with Gasteiger partial charge in [-0.3, -0.25) is 0 Å². The molecule has 0 saturated carbocycles. The first kappa shape index (κ1) is 11.8. The molecule has 4 heteroatoms. The second kappa shape index (κ2) is 4.70. The Morgan fingerprint density at radius 3 is 2.94 bits per heavy atom. The molecule has 1 unspecified atom stereocenters. The van der Waals surface area contributed by atoms with Crippen LogP contribution < -0.4 is 0 Å². The third-order valence-electron chi connectivity index (χ3n) is 3.12. The van der Waals surface area contributed by atoms with Crippen molar-refractivity contribution < 1.29 is 14.2 Å². The van der Waals surface area contributed by atoms with Gasteiger partial charge in [-0.1, -0.05) is 23.7 Å². The van der Waals surface area contributed by atoms with Crippen LogP contribution in [0.4, 0.5) is 4.39 Å². The van der Waals surface area contributed by atoms with Crippen LogP contribution in [0.3, 0.4) is 0 Å². The van der Waals surface area contributed by atoms with E-state index in [1.165, 1.54) is 6.07 Å². The Balaban J connectivity index is 2.22. The van der Waals surface area contributed by atoms with E-state index in [1.54, 1.807) is 12.1 Å². The van der Waals surface area contributed by atoms with Crippen LogP contribution in [0, 0.1) is 11.2 Å². The van der Waals surface area contributed by atoms with Gasteiger partial charge in [0, 0.05) is 12.0 Å². The lowest BCUT2D eigenvalue weighted by atomic mass is 9.82. The lowest BCUT2D eigenvalue weighted by Gasteiger charge is -2.25. The average molecular weight is 245 g/mol. The number of halogens is 2. The number of hydrogen-bond donors (Lipinski definition) is 1. The molecule has 1 atom stereocenters. The monoisotopic (exact) mass is 244 g/mol. The minimum atomic E-state index is -0.411. The molecule has 0 bridgehead atoms. The summed E-state index contributed by atoms with van der Waals surface area (Å²) < 4.78 is 18.6. The van der Waals surface area contributed by atoms with Gasteiger partial charge in [0.2, 0.25) is 0 Å². The van der Waals surface area contributed by atoms with Gasteiger partial charge in [0.25, 0.3) is 0 Å². The van der Waals surface area contributed by atoms with E-state index in [2.05, 4.69) is 0 Å². The van der Waals surface area contributed by atoms with Gasteiger partial charge in [-0.15, -0.1) is 0 Å². The van der Waals surface area contributed by atoms with Crippen molar-refractivity contribution in [3.8, 4) is 0 Å². The van der Waals surface area contributed by atoms with Crippen molar-refractivity contribution in [3.63, 3.8) is 0 Å². The Morgan fingerprint density at radius 1 is 1.50 bits per heavy atom. The topological polar surface area (TPSA) is 29.5 Å². The summed E-state index contributed by atoms with van der Waals surface area (Å²) in [5.41, 5.74) is 0.443. The van der Waals surface area contributed by atoms with Crippen LogP contribution in [0.2, 0.25) is 5.02 Å². The van der Waals surface area contributed by atoms with Crippen LogP contribution in [0.25, 0.3) is 0 Å². The summed E-state index contributed by atoms with van der Waals surface area (Å²) in [6, 6.07) is 4.77. The zero-order valence-electron chi connectivity index (χ0n) is 8.88. The van der Waals surface area contributed by atoms with Gasteiger partial charge in [-0.25, -0.2) is 4.39 Å². The van der Waals surface area contributed by atoms with Gasteiger partial charge in [0.05, 0.1) is 18.2 Å². The van der Waals surface area contributed by atoms with E-state index < -0.39 is 5.82 Å². The summed E-state index contributed by atoms with van der Waals surface area (Å²) in [4.78, 5) is 0. The summed E-state index contributed by atoms with van der Waals surface area (Å²) in [7, 11) is 0. The minimum absolute atomic E-state index is 0.0415. The Bertz CT molecular complexity index is 375. The summed E-state index contributed by atoms with van der Waals surface area (Å²) in [5, 5.41) is 9.58. The van der Waals surface area contributed by atoms with Crippen molar-refractivity contribution in [2.45, 2.75) is 12.8 Å². The molecule has 1 heterocycles. The van der Waals surface area contributed by atoms with E-state index in [9.17, 15) is 9.50 Å². The van der Waals surface area contributed by atoms with Crippen LogP contribution >= 0.6 is 11.6 Å². The summed E-state index contributed by atoms with van der Waals surface area (Å²) in [6.07, 6.45) is 1.34. The van der Waals surface area contributed by atoms with E-state index in [1.807, 2.05) is 0 Å². The van der Waals surface area contributed by atoms with Gasteiger partial charge in [-0.05, 0) is 24.5 Å². The Kier molecular flexibility index (Phi) is 3.47. The van der Waals surface area contributed by atoms with Crippen LogP contribution in [0.15, 0.2) is 18.2 Å². The molecule has 1 saturated heterocycles. The third-order valence-corrected chi connectivity index (χ3v) is 3.54. The molecule has 1 N–H and O–H groups in total. The van der Waals surface area contributed by atoms with Crippen molar-refractivity contribution in [1.29, 1.82) is 0 Å². The van der Waals surface area contributed by atoms with Gasteiger partial charge in [-0.2, -0.15) is 0 Å². The minimum Gasteiger partial charge on any atom is -0.396 e. The highest BCUT2D eigenvalue weighted by Crippen LogP contribution is 2.34. The second-order valence-corrected chi connectivity index (χ2v) is 4.73. The van der Waals surface area contributed by atoms with Crippen LogP contribution in [0.1, 0.15) is 12.0 Å². The van der Waals surface area contributed by atoms with Crippen LogP contribution in [-0.4, -0.2) is 24.9 Å². The van der Waals surface area contributed by atoms with Crippen LogP contribution in [-0.2, 0) is 11.2 Å². The third kappa shape index (κ3) is 2.21. The van der Waals surface area contributed by atoms with E-state index in [0.717, 1.165) is 12.0 Å². The summed E-state index contributed by atoms with van der Waals surface area (Å²) in [5.74, 6) is -0.411. The predicted octanol–water partition coefficient (Wildman–Crippen LogP) is 2.42. The Hall–Kier alpha value is -0.640. The molecule has 2 rings (SSSR count). The predicted molar refractivity (Wildman–Crippen MR) is 60.1 cm³/mol. The maximum Gasteiger partial charge on any atom is 0.142 e. The van der Waals surface area contributed by atoms with Crippen molar-refractivity contribution in [3.05, 3.63) is 34.6 Å². The molecule has 1 fully saturated rings. The lowest BCUT2D eigenvalue weighted by molar-refractivity contribution is 0.0935. The highest BCUT2D eigenvalue weighted by Gasteiger charge is 2.35. The molecule has 1 aliphatic rings. The molecular weight excluding hydrogens is 231 g/mol. The van der Waals surface area contributed by atoms with Crippen molar-refractivity contribution in [2.24, 2.45) is 5.41 Å². The fourth-order valence-electron chi connectivity index (χ4n) is 2.06. The van der Waals surface area contributed by atoms with Crippen molar-refractivity contribution in [2.75, 3.05) is 19.8 Å². The SMILES string of the molecule is OCC1(Cc2cccc(F)c2Cl)CCOC1. The van der Waals surface area contributed by atoms with Crippen molar-refractivity contribution in [1.82, 2.24) is 0 Å². The lowest BCUT2D eigenvalue weighted by Crippen LogP contribution is -2.28. The first-order valence-electron chi connectivity index (χ1n) is 5.28. The Morgan fingerprint density at radius 2 is 2.31 bits per heavy atom. The number of hydrogen-bond acceptors (Lipinski definition) is 2. The van der Waals surface area contributed by atoms with Gasteiger partial charge >= 0.3 is 0 Å². The second-order valence-electron chi connectivity index (χ2n) is 4.35. The number of ether oxygens (including phenoxy) is 1. The van der Waals surface area contributed by atoms with Crippen LogP contribution in [0.5, 0.6) is 0 Å². The smallest absolute Gasteiger partial charge is 0.142 e. The normalized spacial score (nSPS) is 24.9. The molecule has 1 aromatic rings. The standard InChI is InChI=1S/C12H14ClFO2/c13-11-9(2-1-3-10(11)14)6-12(7-15)4-5-16-8-12/h1-3,15H,4-8H2. The molecule has 0 spiro atoms. The quantitative estimate of drug-likeness (QED) is 0.885. The first-order valence-corrected chi connectivity index (χ1v) is 5.66. The van der Waals surface area contributed by atoms with Gasteiger partial charge < -0.3 is 9.84 Å². The Labute approximate surface area is 99.0 Å². The fraction of sp³-hybridized carbons (Fsp3) is 0.500. The van der Waals surface area contributed by atoms with E-state index >= 15 is 0 Å². The molecule has 2 nitrogen and oxygen atoms in total. The highest BCUT2D eigenvalue weighted by atomic mass is 35.5. The first-order chi connectivity index (χ1) is 7.67. The van der Waals surface area contributed by atoms with Crippen molar-refractivity contribution >= 4 is 11.6 Å². The summed E-state index contributed by atoms with van der Waals surface area (Å²) >= 11 is 5.89. The number of rotatable bonds is 3. The highest BCUT2D eigenvalue weighted by molar-refractivity contribution is 6.31. The maximum atomic E-state index is 13.3. The number of aliphatic hydroxyl groups excluding tert-OH is 1. The largest absolute Gasteiger partial charge is 0.396 e.